The number of hydrogen-bond donors (Lipinski definition) is 1. The van der Waals surface area contributed by atoms with Crippen LogP contribution in [0.2, 0.25) is 0 Å². The van der Waals surface area contributed by atoms with E-state index in [4.69, 9.17) is 0 Å². The van der Waals surface area contributed by atoms with Gasteiger partial charge in [0.1, 0.15) is 5.01 Å². The van der Waals surface area contributed by atoms with Gasteiger partial charge in [0.2, 0.25) is 0 Å². The van der Waals surface area contributed by atoms with E-state index in [1.54, 1.807) is 11.3 Å². The van der Waals surface area contributed by atoms with E-state index in [9.17, 15) is 0 Å². The van der Waals surface area contributed by atoms with Crippen molar-refractivity contribution in [3.63, 3.8) is 0 Å². The van der Waals surface area contributed by atoms with Crippen molar-refractivity contribution in [2.45, 2.75) is 19.4 Å². The third kappa shape index (κ3) is 2.99. The van der Waals surface area contributed by atoms with Crippen molar-refractivity contribution in [3.05, 3.63) is 39.1 Å². The standard InChI is InChI=1S/C14H15BrN2S/c15-12-4-2-1-3-11(12)13-9-18-14(17-13)8-16-7-10-5-6-10/h1-4,9-10,16H,5-8H2. The second-order valence-electron chi connectivity index (χ2n) is 4.68. The summed E-state index contributed by atoms with van der Waals surface area (Å²) in [5.74, 6) is 0.924. The highest BCUT2D eigenvalue weighted by atomic mass is 79.9. The Morgan fingerprint density at radius 2 is 2.17 bits per heavy atom. The molecular weight excluding hydrogens is 308 g/mol. The predicted molar refractivity (Wildman–Crippen MR) is 79.7 cm³/mol. The van der Waals surface area contributed by atoms with Crippen molar-refractivity contribution in [1.29, 1.82) is 0 Å². The summed E-state index contributed by atoms with van der Waals surface area (Å²) < 4.78 is 1.10. The van der Waals surface area contributed by atoms with Crippen molar-refractivity contribution < 1.29 is 0 Å². The molecule has 0 amide bonds. The van der Waals surface area contributed by atoms with Crippen LogP contribution < -0.4 is 5.32 Å². The lowest BCUT2D eigenvalue weighted by atomic mass is 10.2. The molecule has 1 saturated carbocycles. The highest BCUT2D eigenvalue weighted by molar-refractivity contribution is 9.10. The van der Waals surface area contributed by atoms with E-state index in [0.29, 0.717) is 0 Å². The van der Waals surface area contributed by atoms with E-state index in [-0.39, 0.29) is 0 Å². The van der Waals surface area contributed by atoms with Crippen LogP contribution in [-0.2, 0) is 6.54 Å². The molecule has 1 fully saturated rings. The summed E-state index contributed by atoms with van der Waals surface area (Å²) in [5, 5.41) is 6.78. The third-order valence-electron chi connectivity index (χ3n) is 3.11. The number of nitrogens with one attached hydrogen (secondary N) is 1. The molecule has 2 aromatic rings. The van der Waals surface area contributed by atoms with Gasteiger partial charge in [-0.05, 0) is 31.4 Å². The molecule has 1 aliphatic carbocycles. The number of rotatable bonds is 5. The van der Waals surface area contributed by atoms with Crippen molar-refractivity contribution in [2.75, 3.05) is 6.54 Å². The molecule has 2 nitrogen and oxygen atoms in total. The van der Waals surface area contributed by atoms with Gasteiger partial charge in [0, 0.05) is 22.0 Å². The summed E-state index contributed by atoms with van der Waals surface area (Å²) in [6, 6.07) is 8.22. The molecule has 0 atom stereocenters. The Hall–Kier alpha value is -0.710. The molecule has 0 unspecified atom stereocenters. The number of aromatic nitrogens is 1. The van der Waals surface area contributed by atoms with Gasteiger partial charge in [-0.3, -0.25) is 0 Å². The number of nitrogens with zero attached hydrogens (tertiary/aromatic N) is 1. The number of hydrogen-bond acceptors (Lipinski definition) is 3. The Balaban J connectivity index is 1.66. The summed E-state index contributed by atoms with van der Waals surface area (Å²) in [6.45, 7) is 2.04. The maximum absolute atomic E-state index is 4.68. The van der Waals surface area contributed by atoms with E-state index in [1.165, 1.54) is 23.4 Å². The van der Waals surface area contributed by atoms with Crippen LogP contribution in [0.3, 0.4) is 0 Å². The van der Waals surface area contributed by atoms with E-state index >= 15 is 0 Å². The van der Waals surface area contributed by atoms with Crippen LogP contribution in [0.15, 0.2) is 34.1 Å². The van der Waals surface area contributed by atoms with Gasteiger partial charge >= 0.3 is 0 Å². The van der Waals surface area contributed by atoms with Crippen molar-refractivity contribution in [3.8, 4) is 11.3 Å². The van der Waals surface area contributed by atoms with Crippen molar-refractivity contribution in [1.82, 2.24) is 10.3 Å². The molecule has 0 saturated heterocycles. The Morgan fingerprint density at radius 3 is 2.94 bits per heavy atom. The van der Waals surface area contributed by atoms with Gasteiger partial charge in [0.15, 0.2) is 0 Å². The smallest absolute Gasteiger partial charge is 0.107 e. The van der Waals surface area contributed by atoms with Crippen LogP contribution in [0.25, 0.3) is 11.3 Å². The normalized spacial score (nSPS) is 14.9. The van der Waals surface area contributed by atoms with Gasteiger partial charge in [-0.25, -0.2) is 4.98 Å². The van der Waals surface area contributed by atoms with Crippen molar-refractivity contribution >= 4 is 27.3 Å². The minimum absolute atomic E-state index is 0.894. The molecule has 1 heterocycles. The van der Waals surface area contributed by atoms with Gasteiger partial charge in [-0.2, -0.15) is 0 Å². The lowest BCUT2D eigenvalue weighted by Crippen LogP contribution is -2.15. The SMILES string of the molecule is Brc1ccccc1-c1csc(CNCC2CC2)n1. The highest BCUT2D eigenvalue weighted by Crippen LogP contribution is 2.29. The molecule has 3 rings (SSSR count). The number of thiazole rings is 1. The molecule has 94 valence electrons. The average Bonchev–Trinajstić information content (AvgIpc) is 3.08. The largest absolute Gasteiger partial charge is 0.310 e. The summed E-state index contributed by atoms with van der Waals surface area (Å²) in [4.78, 5) is 4.68. The zero-order chi connectivity index (χ0) is 12.4. The summed E-state index contributed by atoms with van der Waals surface area (Å²) in [7, 11) is 0. The van der Waals surface area contributed by atoms with E-state index in [1.807, 2.05) is 12.1 Å². The molecule has 4 heteroatoms. The highest BCUT2D eigenvalue weighted by Gasteiger charge is 2.20. The summed E-state index contributed by atoms with van der Waals surface area (Å²) >= 11 is 5.30. The monoisotopic (exact) mass is 322 g/mol. The maximum atomic E-state index is 4.68. The molecule has 1 N–H and O–H groups in total. The topological polar surface area (TPSA) is 24.9 Å². The molecule has 1 aliphatic rings. The van der Waals surface area contributed by atoms with Crippen LogP contribution in [0, 0.1) is 5.92 Å². The maximum Gasteiger partial charge on any atom is 0.107 e. The first-order valence-corrected chi connectivity index (χ1v) is 7.90. The van der Waals surface area contributed by atoms with Crippen molar-refractivity contribution in [2.24, 2.45) is 5.92 Å². The predicted octanol–water partition coefficient (Wildman–Crippen LogP) is 4.07. The lowest BCUT2D eigenvalue weighted by molar-refractivity contribution is 0.637. The fourth-order valence-corrected chi connectivity index (χ4v) is 3.14. The fourth-order valence-electron chi connectivity index (χ4n) is 1.89. The van der Waals surface area contributed by atoms with Crippen LogP contribution in [0.1, 0.15) is 17.8 Å². The zero-order valence-corrected chi connectivity index (χ0v) is 12.4. The minimum Gasteiger partial charge on any atom is -0.310 e. The first-order chi connectivity index (χ1) is 8.83. The fraction of sp³-hybridized carbons (Fsp3) is 0.357. The molecule has 0 radical (unpaired) electrons. The van der Waals surface area contributed by atoms with Gasteiger partial charge in [0.05, 0.1) is 5.69 Å². The first-order valence-electron chi connectivity index (χ1n) is 6.23. The number of halogens is 1. The van der Waals surface area contributed by atoms with Gasteiger partial charge < -0.3 is 5.32 Å². The molecule has 0 spiro atoms. The van der Waals surface area contributed by atoms with Crippen LogP contribution >= 0.6 is 27.3 Å². The average molecular weight is 323 g/mol. The van der Waals surface area contributed by atoms with E-state index in [2.05, 4.69) is 43.7 Å². The Bertz CT molecular complexity index is 534. The van der Waals surface area contributed by atoms with E-state index in [0.717, 1.165) is 29.2 Å². The van der Waals surface area contributed by atoms with Crippen LogP contribution in [0.4, 0.5) is 0 Å². The quantitative estimate of drug-likeness (QED) is 0.897. The second-order valence-corrected chi connectivity index (χ2v) is 6.48. The van der Waals surface area contributed by atoms with Crippen LogP contribution in [0.5, 0.6) is 0 Å². The van der Waals surface area contributed by atoms with Crippen LogP contribution in [-0.4, -0.2) is 11.5 Å². The molecule has 0 bridgehead atoms. The van der Waals surface area contributed by atoms with Gasteiger partial charge in [0.25, 0.3) is 0 Å². The zero-order valence-electron chi connectivity index (χ0n) is 10.0. The Labute approximate surface area is 120 Å². The van der Waals surface area contributed by atoms with Gasteiger partial charge in [-0.1, -0.05) is 34.1 Å². The minimum atomic E-state index is 0.894. The van der Waals surface area contributed by atoms with E-state index < -0.39 is 0 Å². The molecule has 0 aliphatic heterocycles. The molecule has 1 aromatic carbocycles. The molecule has 18 heavy (non-hydrogen) atoms. The number of benzene rings is 1. The Kier molecular flexibility index (Phi) is 3.77. The third-order valence-corrected chi connectivity index (χ3v) is 4.65. The molecular formula is C14H15BrN2S. The first kappa shape index (κ1) is 12.3. The summed E-state index contributed by atoms with van der Waals surface area (Å²) in [6.07, 6.45) is 2.79. The second kappa shape index (κ2) is 5.51. The molecule has 1 aromatic heterocycles. The summed E-state index contributed by atoms with van der Waals surface area (Å²) in [5.41, 5.74) is 2.23. The lowest BCUT2D eigenvalue weighted by Gasteiger charge is -2.00. The van der Waals surface area contributed by atoms with Gasteiger partial charge in [-0.15, -0.1) is 11.3 Å². The Morgan fingerprint density at radius 1 is 1.33 bits per heavy atom.